The lowest BCUT2D eigenvalue weighted by Crippen LogP contribution is -2.34. The summed E-state index contributed by atoms with van der Waals surface area (Å²) in [5, 5.41) is 9.81. The van der Waals surface area contributed by atoms with E-state index in [1.54, 1.807) is 70.9 Å². The Hall–Kier alpha value is -3.56. The lowest BCUT2D eigenvalue weighted by Gasteiger charge is -2.23. The molecule has 1 amide bonds. The number of benzene rings is 1. The quantitative estimate of drug-likeness (QED) is 0.632. The molecule has 164 valence electrons. The molecule has 10 heteroatoms. The average Bonchev–Trinajstić information content (AvgIpc) is 3.07. The van der Waals surface area contributed by atoms with Crippen LogP contribution in [0.2, 0.25) is 0 Å². The Morgan fingerprint density at radius 3 is 2.65 bits per heavy atom. The number of hydrogen-bond donors (Lipinski definition) is 2. The van der Waals surface area contributed by atoms with Gasteiger partial charge in [-0.1, -0.05) is 6.07 Å². The van der Waals surface area contributed by atoms with E-state index in [9.17, 15) is 4.79 Å². The first-order valence-corrected chi connectivity index (χ1v) is 9.77. The summed E-state index contributed by atoms with van der Waals surface area (Å²) in [6.07, 6.45) is 4.15. The molecule has 0 saturated carbocycles. The first-order chi connectivity index (χ1) is 14.5. The lowest BCUT2D eigenvalue weighted by atomic mass is 9.98. The number of amides is 1. The molecular weight excluding hydrogens is 401 g/mol. The molecule has 0 bridgehead atoms. The number of alkyl carbamates (subject to hydrolysis) is 1. The molecule has 31 heavy (non-hydrogen) atoms. The highest BCUT2D eigenvalue weighted by atomic mass is 19.1. The van der Waals surface area contributed by atoms with Crippen LogP contribution in [0.25, 0.3) is 11.4 Å². The topological polar surface area (TPSA) is 107 Å². The number of aromatic nitrogens is 5. The van der Waals surface area contributed by atoms with Gasteiger partial charge in [0.1, 0.15) is 17.7 Å². The summed E-state index contributed by atoms with van der Waals surface area (Å²) in [4.78, 5) is 24.5. The van der Waals surface area contributed by atoms with E-state index in [2.05, 4.69) is 30.7 Å². The molecule has 1 atom stereocenters. The highest BCUT2D eigenvalue weighted by Gasteiger charge is 2.21. The van der Waals surface area contributed by atoms with Crippen molar-refractivity contribution in [3.63, 3.8) is 0 Å². The summed E-state index contributed by atoms with van der Waals surface area (Å²) in [5.74, 6) is 0.00857. The van der Waals surface area contributed by atoms with Crippen LogP contribution < -0.4 is 10.6 Å². The summed E-state index contributed by atoms with van der Waals surface area (Å²) in [6, 6.07) is 2.89. The maximum atomic E-state index is 15.2. The number of carbonyl (C=O) groups excluding carboxylic acids is 1. The smallest absolute Gasteiger partial charge is 0.408 e. The number of carbonyl (C=O) groups is 1. The standard InChI is InChI=1S/C21H26FN7O2/c1-12-15(13(2)26-20(30)31-21(3,4)5)7-8-16(17(12)22)18-23-11-24-19(28-18)27-14-9-25-29(6)10-14/h7-11,13H,1-6H3,(H,26,30)(H,23,24,27,28)/t13-/m1/s1. The average molecular weight is 427 g/mol. The molecule has 2 aromatic heterocycles. The number of rotatable bonds is 5. The SMILES string of the molecule is Cc1c([C@@H](C)NC(=O)OC(C)(C)C)ccc(-c2ncnc(Nc3cnn(C)c3)n2)c1F. The first kappa shape index (κ1) is 22.1. The van der Waals surface area contributed by atoms with Gasteiger partial charge in [0.15, 0.2) is 5.82 Å². The predicted octanol–water partition coefficient (Wildman–Crippen LogP) is 4.05. The number of hydrogen-bond acceptors (Lipinski definition) is 7. The minimum atomic E-state index is -0.617. The molecule has 2 N–H and O–H groups in total. The van der Waals surface area contributed by atoms with Crippen LogP contribution in [-0.2, 0) is 11.8 Å². The van der Waals surface area contributed by atoms with Crippen molar-refractivity contribution in [1.82, 2.24) is 30.0 Å². The van der Waals surface area contributed by atoms with Crippen molar-refractivity contribution in [2.75, 3.05) is 5.32 Å². The summed E-state index contributed by atoms with van der Waals surface area (Å²) < 4.78 is 22.1. The number of aryl methyl sites for hydroxylation is 1. The van der Waals surface area contributed by atoms with Gasteiger partial charge in [0.2, 0.25) is 5.95 Å². The molecule has 0 aliphatic carbocycles. The van der Waals surface area contributed by atoms with Gasteiger partial charge in [-0.25, -0.2) is 19.2 Å². The van der Waals surface area contributed by atoms with Gasteiger partial charge in [-0.3, -0.25) is 4.68 Å². The van der Waals surface area contributed by atoms with Crippen molar-refractivity contribution >= 4 is 17.7 Å². The van der Waals surface area contributed by atoms with E-state index in [0.29, 0.717) is 16.8 Å². The summed E-state index contributed by atoms with van der Waals surface area (Å²) in [6.45, 7) is 8.76. The minimum Gasteiger partial charge on any atom is -0.444 e. The van der Waals surface area contributed by atoms with Gasteiger partial charge in [0.25, 0.3) is 0 Å². The molecule has 0 spiro atoms. The van der Waals surface area contributed by atoms with E-state index < -0.39 is 23.6 Å². The van der Waals surface area contributed by atoms with Crippen LogP contribution in [0.3, 0.4) is 0 Å². The molecule has 0 aliphatic heterocycles. The maximum absolute atomic E-state index is 15.2. The Balaban J connectivity index is 1.82. The van der Waals surface area contributed by atoms with Crippen molar-refractivity contribution in [1.29, 1.82) is 0 Å². The highest BCUT2D eigenvalue weighted by Crippen LogP contribution is 2.28. The van der Waals surface area contributed by atoms with Gasteiger partial charge in [-0.05, 0) is 51.8 Å². The fraction of sp³-hybridized carbons (Fsp3) is 0.381. The van der Waals surface area contributed by atoms with Gasteiger partial charge in [0, 0.05) is 13.2 Å². The molecule has 0 radical (unpaired) electrons. The number of halogens is 1. The van der Waals surface area contributed by atoms with E-state index in [1.807, 2.05) is 0 Å². The number of nitrogens with one attached hydrogen (secondary N) is 2. The third kappa shape index (κ3) is 5.53. The van der Waals surface area contributed by atoms with E-state index in [4.69, 9.17) is 4.74 Å². The van der Waals surface area contributed by atoms with Gasteiger partial charge in [0.05, 0.1) is 23.5 Å². The molecule has 0 fully saturated rings. The lowest BCUT2D eigenvalue weighted by molar-refractivity contribution is 0.0507. The van der Waals surface area contributed by atoms with Gasteiger partial charge >= 0.3 is 6.09 Å². The van der Waals surface area contributed by atoms with E-state index in [0.717, 1.165) is 0 Å². The summed E-state index contributed by atoms with van der Waals surface area (Å²) in [5.41, 5.74) is 1.35. The summed E-state index contributed by atoms with van der Waals surface area (Å²) >= 11 is 0. The van der Waals surface area contributed by atoms with Crippen LogP contribution >= 0.6 is 0 Å². The van der Waals surface area contributed by atoms with Crippen LogP contribution in [0.1, 0.15) is 44.9 Å². The van der Waals surface area contributed by atoms with Crippen molar-refractivity contribution in [3.05, 3.63) is 47.8 Å². The Bertz CT molecular complexity index is 1090. The number of nitrogens with zero attached hydrogens (tertiary/aromatic N) is 5. The zero-order valence-corrected chi connectivity index (χ0v) is 18.4. The maximum Gasteiger partial charge on any atom is 0.408 e. The van der Waals surface area contributed by atoms with Crippen LogP contribution in [0, 0.1) is 12.7 Å². The molecule has 0 unspecified atom stereocenters. The fourth-order valence-electron chi connectivity index (χ4n) is 3.01. The molecule has 2 heterocycles. The molecular formula is C21H26FN7O2. The first-order valence-electron chi connectivity index (χ1n) is 9.77. The van der Waals surface area contributed by atoms with Crippen molar-refractivity contribution < 1.29 is 13.9 Å². The molecule has 0 saturated heterocycles. The van der Waals surface area contributed by atoms with Crippen molar-refractivity contribution in [2.24, 2.45) is 7.05 Å². The third-order valence-corrected chi connectivity index (χ3v) is 4.40. The van der Waals surface area contributed by atoms with Crippen molar-refractivity contribution in [3.8, 4) is 11.4 Å². The third-order valence-electron chi connectivity index (χ3n) is 4.40. The van der Waals surface area contributed by atoms with Gasteiger partial charge in [-0.15, -0.1) is 0 Å². The van der Waals surface area contributed by atoms with Crippen LogP contribution in [0.4, 0.5) is 20.8 Å². The fourth-order valence-corrected chi connectivity index (χ4v) is 3.01. The zero-order chi connectivity index (χ0) is 22.8. The van der Waals surface area contributed by atoms with Gasteiger partial charge in [-0.2, -0.15) is 10.1 Å². The predicted molar refractivity (Wildman–Crippen MR) is 114 cm³/mol. The van der Waals surface area contributed by atoms with E-state index in [-0.39, 0.29) is 17.3 Å². The van der Waals surface area contributed by atoms with Crippen molar-refractivity contribution in [2.45, 2.75) is 46.3 Å². The Labute approximate surface area is 180 Å². The van der Waals surface area contributed by atoms with Crippen LogP contribution in [-0.4, -0.2) is 36.4 Å². The minimum absolute atomic E-state index is 0.196. The van der Waals surface area contributed by atoms with E-state index >= 15 is 4.39 Å². The van der Waals surface area contributed by atoms with E-state index in [1.165, 1.54) is 6.33 Å². The Kier molecular flexibility index (Phi) is 6.19. The number of anilines is 2. The highest BCUT2D eigenvalue weighted by molar-refractivity contribution is 5.69. The Morgan fingerprint density at radius 2 is 2.00 bits per heavy atom. The van der Waals surface area contributed by atoms with Crippen LogP contribution in [0.5, 0.6) is 0 Å². The Morgan fingerprint density at radius 1 is 1.26 bits per heavy atom. The largest absolute Gasteiger partial charge is 0.444 e. The molecule has 0 aliphatic rings. The van der Waals surface area contributed by atoms with Crippen LogP contribution in [0.15, 0.2) is 30.9 Å². The normalized spacial score (nSPS) is 12.4. The molecule has 3 rings (SSSR count). The second kappa shape index (κ2) is 8.66. The molecule has 3 aromatic rings. The monoisotopic (exact) mass is 427 g/mol. The zero-order valence-electron chi connectivity index (χ0n) is 18.4. The number of ether oxygens (including phenoxy) is 1. The molecule has 9 nitrogen and oxygen atoms in total. The summed E-state index contributed by atoms with van der Waals surface area (Å²) in [7, 11) is 1.79. The second-order valence-electron chi connectivity index (χ2n) is 8.17. The van der Waals surface area contributed by atoms with Gasteiger partial charge < -0.3 is 15.4 Å². The second-order valence-corrected chi connectivity index (χ2v) is 8.17. The molecule has 1 aromatic carbocycles.